The molecule has 2 nitrogen and oxygen atoms in total. The Morgan fingerprint density at radius 2 is 2.27 bits per heavy atom. The largest absolute Gasteiger partial charge is 0.299 e. The number of nitrogens with zero attached hydrogens (tertiary/aromatic N) is 1. The van der Waals surface area contributed by atoms with E-state index >= 15 is 0 Å². The van der Waals surface area contributed by atoms with Crippen LogP contribution in [0, 0.1) is 0 Å². The van der Waals surface area contributed by atoms with Gasteiger partial charge in [0, 0.05) is 10.9 Å². The van der Waals surface area contributed by atoms with Gasteiger partial charge >= 0.3 is 0 Å². The molecule has 15 heavy (non-hydrogen) atoms. The van der Waals surface area contributed by atoms with Crippen molar-refractivity contribution in [2.45, 2.75) is 12.3 Å². The highest BCUT2D eigenvalue weighted by Gasteiger charge is 2.26. The number of halogens is 1. The summed E-state index contributed by atoms with van der Waals surface area (Å²) >= 11 is 5.92. The fraction of sp³-hybridized carbons (Fsp3) is 0.417. The standard InChI is InChI=1S/C12H14ClNO/c1-14-6-5-11(12(15)8-14)9-3-2-4-10(13)7-9/h2-4,7,11H,5-6,8H2,1H3. The Kier molecular flexibility index (Phi) is 3.08. The van der Waals surface area contributed by atoms with Gasteiger partial charge in [0.2, 0.25) is 0 Å². The zero-order valence-electron chi connectivity index (χ0n) is 8.74. The van der Waals surface area contributed by atoms with Crippen LogP contribution in [0.5, 0.6) is 0 Å². The van der Waals surface area contributed by atoms with Crippen LogP contribution in [-0.2, 0) is 4.79 Å². The molecule has 1 atom stereocenters. The molecule has 80 valence electrons. The molecule has 1 aliphatic heterocycles. The van der Waals surface area contributed by atoms with Gasteiger partial charge in [-0.15, -0.1) is 0 Å². The number of carbonyl (C=O) groups excluding carboxylic acids is 1. The first-order chi connectivity index (χ1) is 7.16. The van der Waals surface area contributed by atoms with Crippen LogP contribution in [-0.4, -0.2) is 30.8 Å². The number of likely N-dealkylation sites (tertiary alicyclic amines) is 1. The van der Waals surface area contributed by atoms with E-state index in [-0.39, 0.29) is 5.92 Å². The Labute approximate surface area is 94.8 Å². The Morgan fingerprint density at radius 1 is 1.47 bits per heavy atom. The third-order valence-electron chi connectivity index (χ3n) is 2.86. The van der Waals surface area contributed by atoms with E-state index in [4.69, 9.17) is 11.6 Å². The first-order valence-corrected chi connectivity index (χ1v) is 5.51. The van der Waals surface area contributed by atoms with E-state index in [1.165, 1.54) is 0 Å². The normalized spacial score (nSPS) is 23.1. The van der Waals surface area contributed by atoms with Gasteiger partial charge in [-0.05, 0) is 37.7 Å². The highest BCUT2D eigenvalue weighted by Crippen LogP contribution is 2.26. The monoisotopic (exact) mass is 223 g/mol. The van der Waals surface area contributed by atoms with Crippen LogP contribution in [0.2, 0.25) is 5.02 Å². The quantitative estimate of drug-likeness (QED) is 0.729. The van der Waals surface area contributed by atoms with Crippen molar-refractivity contribution in [2.75, 3.05) is 20.1 Å². The van der Waals surface area contributed by atoms with Gasteiger partial charge in [0.05, 0.1) is 6.54 Å². The molecule has 0 aliphatic carbocycles. The van der Waals surface area contributed by atoms with Crippen molar-refractivity contribution in [1.29, 1.82) is 0 Å². The number of hydrogen-bond acceptors (Lipinski definition) is 2. The molecule has 3 heteroatoms. The van der Waals surface area contributed by atoms with Crippen molar-refractivity contribution in [3.8, 4) is 0 Å². The average Bonchev–Trinajstić information content (AvgIpc) is 2.17. The van der Waals surface area contributed by atoms with Crippen molar-refractivity contribution in [1.82, 2.24) is 4.90 Å². The zero-order valence-corrected chi connectivity index (χ0v) is 9.50. The first-order valence-electron chi connectivity index (χ1n) is 5.13. The summed E-state index contributed by atoms with van der Waals surface area (Å²) in [6, 6.07) is 7.63. The lowest BCUT2D eigenvalue weighted by Gasteiger charge is -2.27. The van der Waals surface area contributed by atoms with E-state index in [1.807, 2.05) is 31.3 Å². The molecule has 0 radical (unpaired) electrons. The van der Waals surface area contributed by atoms with Crippen LogP contribution >= 0.6 is 11.6 Å². The van der Waals surface area contributed by atoms with Gasteiger partial charge in [-0.3, -0.25) is 9.69 Å². The molecule has 0 amide bonds. The van der Waals surface area contributed by atoms with Crippen molar-refractivity contribution in [3.05, 3.63) is 34.9 Å². The topological polar surface area (TPSA) is 20.3 Å². The molecule has 1 aromatic carbocycles. The third kappa shape index (κ3) is 2.39. The molecule has 1 saturated heterocycles. The Balaban J connectivity index is 2.20. The second kappa shape index (κ2) is 4.33. The lowest BCUT2D eigenvalue weighted by atomic mass is 9.88. The molecule has 0 aromatic heterocycles. The molecule has 2 rings (SSSR count). The molecule has 1 heterocycles. The summed E-state index contributed by atoms with van der Waals surface area (Å²) in [7, 11) is 1.98. The molecule has 1 fully saturated rings. The van der Waals surface area contributed by atoms with Gasteiger partial charge < -0.3 is 0 Å². The maximum atomic E-state index is 11.8. The van der Waals surface area contributed by atoms with E-state index < -0.39 is 0 Å². The average molecular weight is 224 g/mol. The SMILES string of the molecule is CN1CCC(c2cccc(Cl)c2)C(=O)C1. The lowest BCUT2D eigenvalue weighted by Crippen LogP contribution is -2.37. The van der Waals surface area contributed by atoms with E-state index in [2.05, 4.69) is 4.90 Å². The van der Waals surface area contributed by atoms with Crippen LogP contribution < -0.4 is 0 Å². The molecule has 1 aromatic rings. The zero-order chi connectivity index (χ0) is 10.8. The summed E-state index contributed by atoms with van der Waals surface area (Å²) in [6.07, 6.45) is 0.898. The molecule has 0 spiro atoms. The fourth-order valence-corrected chi connectivity index (χ4v) is 2.24. The van der Waals surface area contributed by atoms with Crippen LogP contribution in [0.4, 0.5) is 0 Å². The minimum absolute atomic E-state index is 0.0416. The number of benzene rings is 1. The third-order valence-corrected chi connectivity index (χ3v) is 3.10. The number of hydrogen-bond donors (Lipinski definition) is 0. The predicted octanol–water partition coefficient (Wildman–Crippen LogP) is 2.33. The van der Waals surface area contributed by atoms with Crippen LogP contribution in [0.1, 0.15) is 17.9 Å². The minimum atomic E-state index is 0.0416. The van der Waals surface area contributed by atoms with Crippen molar-refractivity contribution < 1.29 is 4.79 Å². The highest BCUT2D eigenvalue weighted by atomic mass is 35.5. The second-order valence-electron chi connectivity index (χ2n) is 4.10. The highest BCUT2D eigenvalue weighted by molar-refractivity contribution is 6.30. The fourth-order valence-electron chi connectivity index (χ4n) is 2.04. The molecular formula is C12H14ClNO. The number of ketones is 1. The Morgan fingerprint density at radius 3 is 2.93 bits per heavy atom. The maximum absolute atomic E-state index is 11.8. The van der Waals surface area contributed by atoms with Gasteiger partial charge in [-0.25, -0.2) is 0 Å². The first kappa shape index (κ1) is 10.7. The van der Waals surface area contributed by atoms with Gasteiger partial charge in [0.15, 0.2) is 5.78 Å². The summed E-state index contributed by atoms with van der Waals surface area (Å²) in [4.78, 5) is 13.9. The molecule has 1 unspecified atom stereocenters. The summed E-state index contributed by atoms with van der Waals surface area (Å²) in [5.41, 5.74) is 1.06. The number of likely N-dealkylation sites (N-methyl/N-ethyl adjacent to an activating group) is 1. The minimum Gasteiger partial charge on any atom is -0.299 e. The molecule has 0 bridgehead atoms. The number of rotatable bonds is 1. The Hall–Kier alpha value is -0.860. The molecule has 0 saturated carbocycles. The van der Waals surface area contributed by atoms with Gasteiger partial charge in [0.25, 0.3) is 0 Å². The van der Waals surface area contributed by atoms with E-state index in [9.17, 15) is 4.79 Å². The molecular weight excluding hydrogens is 210 g/mol. The van der Waals surface area contributed by atoms with E-state index in [1.54, 1.807) is 0 Å². The van der Waals surface area contributed by atoms with E-state index in [0.717, 1.165) is 18.5 Å². The Bertz CT molecular complexity index is 378. The van der Waals surface area contributed by atoms with Crippen LogP contribution in [0.25, 0.3) is 0 Å². The maximum Gasteiger partial charge on any atom is 0.154 e. The van der Waals surface area contributed by atoms with Crippen LogP contribution in [0.15, 0.2) is 24.3 Å². The second-order valence-corrected chi connectivity index (χ2v) is 4.54. The number of carbonyl (C=O) groups is 1. The summed E-state index contributed by atoms with van der Waals surface area (Å²) in [5.74, 6) is 0.339. The van der Waals surface area contributed by atoms with Gasteiger partial charge in [-0.2, -0.15) is 0 Å². The molecule has 0 N–H and O–H groups in total. The lowest BCUT2D eigenvalue weighted by molar-refractivity contribution is -0.123. The van der Waals surface area contributed by atoms with Gasteiger partial charge in [-0.1, -0.05) is 23.7 Å². The van der Waals surface area contributed by atoms with Crippen molar-refractivity contribution >= 4 is 17.4 Å². The smallest absolute Gasteiger partial charge is 0.154 e. The number of Topliss-reactive ketones (excluding diaryl/α,β-unsaturated/α-hetero) is 1. The van der Waals surface area contributed by atoms with Crippen molar-refractivity contribution in [2.24, 2.45) is 0 Å². The van der Waals surface area contributed by atoms with Crippen LogP contribution in [0.3, 0.4) is 0 Å². The van der Waals surface area contributed by atoms with Gasteiger partial charge in [0.1, 0.15) is 0 Å². The van der Waals surface area contributed by atoms with Crippen molar-refractivity contribution in [3.63, 3.8) is 0 Å². The predicted molar refractivity (Wildman–Crippen MR) is 61.3 cm³/mol. The summed E-state index contributed by atoms with van der Waals surface area (Å²) < 4.78 is 0. The molecule has 1 aliphatic rings. The summed E-state index contributed by atoms with van der Waals surface area (Å²) in [5, 5.41) is 0.708. The number of piperidine rings is 1. The van der Waals surface area contributed by atoms with E-state index in [0.29, 0.717) is 17.4 Å². The summed E-state index contributed by atoms with van der Waals surface area (Å²) in [6.45, 7) is 1.53.